The average molecular weight is 342 g/mol. The first kappa shape index (κ1) is 20.0. The minimum atomic E-state index is 0. The molecule has 1 fully saturated rings. The lowest BCUT2D eigenvalue weighted by Gasteiger charge is -2.25. The van der Waals surface area contributed by atoms with Gasteiger partial charge in [-0.1, -0.05) is 18.2 Å². The van der Waals surface area contributed by atoms with Gasteiger partial charge in [0, 0.05) is 25.3 Å². The summed E-state index contributed by atoms with van der Waals surface area (Å²) in [6, 6.07) is 0.400. The lowest BCUT2D eigenvalue weighted by atomic mass is 9.87. The summed E-state index contributed by atoms with van der Waals surface area (Å²) in [6.45, 7) is 0.619. The van der Waals surface area contributed by atoms with E-state index in [2.05, 4.69) is 14.8 Å². The van der Waals surface area contributed by atoms with Crippen molar-refractivity contribution in [3.8, 4) is 0 Å². The molecule has 118 valence electrons. The van der Waals surface area contributed by atoms with Gasteiger partial charge in [-0.05, 0) is 31.7 Å². The Morgan fingerprint density at radius 1 is 1.30 bits per heavy atom. The molecule has 1 aromatic heterocycles. The molecule has 1 aliphatic carbocycles. The molecule has 0 spiro atoms. The third kappa shape index (κ3) is 5.41. The predicted molar refractivity (Wildman–Crippen MR) is 88.9 cm³/mol. The zero-order valence-electron chi connectivity index (χ0n) is 11.8. The van der Waals surface area contributed by atoms with Crippen molar-refractivity contribution in [1.82, 2.24) is 14.8 Å². The van der Waals surface area contributed by atoms with Gasteiger partial charge < -0.3 is 16.0 Å². The highest BCUT2D eigenvalue weighted by atomic mass is 35.5. The highest BCUT2D eigenvalue weighted by Crippen LogP contribution is 2.28. The van der Waals surface area contributed by atoms with Crippen LogP contribution in [0.15, 0.2) is 5.16 Å². The zero-order chi connectivity index (χ0) is 13.0. The lowest BCUT2D eigenvalue weighted by Crippen LogP contribution is -2.28. The topological polar surface area (TPSA) is 82.8 Å². The van der Waals surface area contributed by atoms with E-state index >= 15 is 0 Å². The Kier molecular flexibility index (Phi) is 9.84. The number of thioether (sulfide) groups is 1. The number of nitrogens with zero attached hydrogens (tertiary/aromatic N) is 3. The van der Waals surface area contributed by atoms with Gasteiger partial charge in [-0.2, -0.15) is 0 Å². The standard InChI is InChI=1S/C12H23N5S.2ClH/c1-17-11(5-6-13)15-16-12(17)18-8-9-3-2-4-10(14)7-9;;/h9-10H,2-8,13-14H2,1H3;2*1H/t9-,10+;;/m1../s1. The molecule has 2 atom stereocenters. The van der Waals surface area contributed by atoms with Crippen molar-refractivity contribution in [1.29, 1.82) is 0 Å². The van der Waals surface area contributed by atoms with E-state index in [9.17, 15) is 0 Å². The van der Waals surface area contributed by atoms with Crippen LogP contribution < -0.4 is 11.5 Å². The van der Waals surface area contributed by atoms with E-state index in [4.69, 9.17) is 11.5 Å². The summed E-state index contributed by atoms with van der Waals surface area (Å²) in [4.78, 5) is 0. The van der Waals surface area contributed by atoms with E-state index < -0.39 is 0 Å². The number of rotatable bonds is 5. The molecule has 0 bridgehead atoms. The van der Waals surface area contributed by atoms with Crippen molar-refractivity contribution in [3.63, 3.8) is 0 Å². The fourth-order valence-corrected chi connectivity index (χ4v) is 3.58. The second kappa shape index (κ2) is 9.84. The molecule has 1 saturated carbocycles. The van der Waals surface area contributed by atoms with Crippen LogP contribution in [0.1, 0.15) is 31.5 Å². The van der Waals surface area contributed by atoms with Gasteiger partial charge >= 0.3 is 0 Å². The van der Waals surface area contributed by atoms with Crippen molar-refractivity contribution >= 4 is 36.6 Å². The van der Waals surface area contributed by atoms with Gasteiger partial charge in [-0.25, -0.2) is 0 Å². The van der Waals surface area contributed by atoms with Crippen LogP contribution in [0.4, 0.5) is 0 Å². The zero-order valence-corrected chi connectivity index (χ0v) is 14.3. The highest BCUT2D eigenvalue weighted by molar-refractivity contribution is 7.99. The minimum Gasteiger partial charge on any atom is -0.330 e. The summed E-state index contributed by atoms with van der Waals surface area (Å²) in [5.41, 5.74) is 11.6. The largest absolute Gasteiger partial charge is 0.330 e. The molecule has 0 unspecified atom stereocenters. The molecule has 20 heavy (non-hydrogen) atoms. The van der Waals surface area contributed by atoms with E-state index in [-0.39, 0.29) is 24.8 Å². The fourth-order valence-electron chi connectivity index (χ4n) is 2.49. The first-order valence-electron chi connectivity index (χ1n) is 6.67. The maximum absolute atomic E-state index is 6.01. The van der Waals surface area contributed by atoms with Crippen LogP contribution in [-0.4, -0.2) is 33.1 Å². The Labute approximate surface area is 137 Å². The van der Waals surface area contributed by atoms with Crippen molar-refractivity contribution in [2.75, 3.05) is 12.3 Å². The molecule has 0 aliphatic heterocycles. The van der Waals surface area contributed by atoms with Gasteiger partial charge in [0.2, 0.25) is 0 Å². The Bertz CT molecular complexity index is 388. The van der Waals surface area contributed by atoms with Gasteiger partial charge in [0.1, 0.15) is 5.82 Å². The van der Waals surface area contributed by atoms with Gasteiger partial charge in [0.15, 0.2) is 5.16 Å². The molecule has 1 aromatic rings. The van der Waals surface area contributed by atoms with Crippen molar-refractivity contribution in [3.05, 3.63) is 5.82 Å². The van der Waals surface area contributed by atoms with Crippen LogP contribution in [0.2, 0.25) is 0 Å². The monoisotopic (exact) mass is 341 g/mol. The summed E-state index contributed by atoms with van der Waals surface area (Å²) < 4.78 is 2.06. The van der Waals surface area contributed by atoms with Gasteiger partial charge in [0.05, 0.1) is 0 Å². The van der Waals surface area contributed by atoms with Crippen LogP contribution in [0.5, 0.6) is 0 Å². The quantitative estimate of drug-likeness (QED) is 0.797. The number of nitrogens with two attached hydrogens (primary N) is 2. The van der Waals surface area contributed by atoms with E-state index in [1.165, 1.54) is 19.3 Å². The minimum absolute atomic E-state index is 0. The van der Waals surface area contributed by atoms with Crippen LogP contribution in [0.3, 0.4) is 0 Å². The van der Waals surface area contributed by atoms with Crippen LogP contribution in [0, 0.1) is 5.92 Å². The lowest BCUT2D eigenvalue weighted by molar-refractivity contribution is 0.349. The highest BCUT2D eigenvalue weighted by Gasteiger charge is 2.20. The van der Waals surface area contributed by atoms with Gasteiger partial charge in [-0.3, -0.25) is 0 Å². The van der Waals surface area contributed by atoms with Gasteiger partial charge in [-0.15, -0.1) is 35.0 Å². The van der Waals surface area contributed by atoms with Crippen LogP contribution >= 0.6 is 36.6 Å². The summed E-state index contributed by atoms with van der Waals surface area (Å²) in [6.07, 6.45) is 5.70. The molecule has 1 aliphatic rings. The molecule has 0 radical (unpaired) electrons. The molecule has 0 saturated heterocycles. The number of hydrogen-bond acceptors (Lipinski definition) is 5. The number of halogens is 2. The molecule has 0 aromatic carbocycles. The molecule has 2 rings (SSSR count). The van der Waals surface area contributed by atoms with Crippen molar-refractivity contribution in [2.24, 2.45) is 24.4 Å². The predicted octanol–water partition coefficient (Wildman–Crippen LogP) is 1.77. The normalized spacial score (nSPS) is 21.9. The van der Waals surface area contributed by atoms with E-state index in [1.54, 1.807) is 11.8 Å². The van der Waals surface area contributed by atoms with Crippen LogP contribution in [-0.2, 0) is 13.5 Å². The number of aromatic nitrogens is 3. The average Bonchev–Trinajstić information content (AvgIpc) is 2.69. The maximum atomic E-state index is 6.01. The van der Waals surface area contributed by atoms with E-state index in [0.29, 0.717) is 12.6 Å². The molecule has 8 heteroatoms. The Morgan fingerprint density at radius 2 is 2.05 bits per heavy atom. The van der Waals surface area contributed by atoms with Crippen molar-refractivity contribution < 1.29 is 0 Å². The summed E-state index contributed by atoms with van der Waals surface area (Å²) in [5, 5.41) is 9.40. The van der Waals surface area contributed by atoms with Gasteiger partial charge in [0.25, 0.3) is 0 Å². The number of hydrogen-bond donors (Lipinski definition) is 2. The Hall–Kier alpha value is -0.0100. The Morgan fingerprint density at radius 3 is 2.70 bits per heavy atom. The molecule has 0 amide bonds. The first-order valence-corrected chi connectivity index (χ1v) is 7.66. The molecular formula is C12H25Cl2N5S. The summed E-state index contributed by atoms with van der Waals surface area (Å²) in [5.74, 6) is 2.80. The maximum Gasteiger partial charge on any atom is 0.190 e. The van der Waals surface area contributed by atoms with Crippen molar-refractivity contribution in [2.45, 2.75) is 43.3 Å². The van der Waals surface area contributed by atoms with Crippen LogP contribution in [0.25, 0.3) is 0 Å². The summed E-state index contributed by atoms with van der Waals surface area (Å²) >= 11 is 1.80. The second-order valence-electron chi connectivity index (χ2n) is 5.10. The Balaban J connectivity index is 0.00000180. The molecular weight excluding hydrogens is 317 g/mol. The third-order valence-corrected chi connectivity index (χ3v) is 4.82. The SMILES string of the molecule is Cl.Cl.Cn1c(CCN)nnc1SC[C@@H]1CCC[C@H](N)C1. The van der Waals surface area contributed by atoms with E-state index in [1.807, 2.05) is 7.05 Å². The smallest absolute Gasteiger partial charge is 0.190 e. The fraction of sp³-hybridized carbons (Fsp3) is 0.833. The third-order valence-electron chi connectivity index (χ3n) is 3.56. The van der Waals surface area contributed by atoms with E-state index in [0.717, 1.165) is 35.5 Å². The second-order valence-corrected chi connectivity index (χ2v) is 6.09. The molecule has 4 N–H and O–H groups in total. The first-order chi connectivity index (χ1) is 8.70. The summed E-state index contributed by atoms with van der Waals surface area (Å²) in [7, 11) is 2.01. The molecule has 1 heterocycles. The molecule has 5 nitrogen and oxygen atoms in total.